The van der Waals surface area contributed by atoms with Crippen LogP contribution >= 0.6 is 0 Å². The third-order valence-electron chi connectivity index (χ3n) is 5.41. The number of hydrogen-bond donors (Lipinski definition) is 0. The molecule has 1 aliphatic rings. The van der Waals surface area contributed by atoms with Crippen LogP contribution in [0.25, 0.3) is 0 Å². The van der Waals surface area contributed by atoms with Crippen molar-refractivity contribution in [3.63, 3.8) is 0 Å². The molecule has 1 fully saturated rings. The molecule has 0 aliphatic carbocycles. The molecule has 2 aromatic rings. The van der Waals surface area contributed by atoms with Crippen molar-refractivity contribution in [3.8, 4) is 5.75 Å². The van der Waals surface area contributed by atoms with E-state index in [1.54, 1.807) is 28.9 Å². The summed E-state index contributed by atoms with van der Waals surface area (Å²) >= 11 is 0. The molecule has 1 aliphatic heterocycles. The van der Waals surface area contributed by atoms with E-state index in [2.05, 4.69) is 13.8 Å². The third-order valence-corrected chi connectivity index (χ3v) is 5.41. The Bertz CT molecular complexity index is 874. The van der Waals surface area contributed by atoms with Crippen LogP contribution in [-0.4, -0.2) is 53.9 Å². The van der Waals surface area contributed by atoms with Gasteiger partial charge < -0.3 is 14.5 Å². The number of halogens is 1. The number of amides is 2. The molecule has 1 unspecified atom stereocenters. The van der Waals surface area contributed by atoms with Crippen molar-refractivity contribution in [2.75, 3.05) is 26.2 Å². The Morgan fingerprint density at radius 2 is 1.53 bits per heavy atom. The van der Waals surface area contributed by atoms with Gasteiger partial charge >= 0.3 is 0 Å². The summed E-state index contributed by atoms with van der Waals surface area (Å²) in [5, 5.41) is 0. The smallest absolute Gasteiger partial charge is 0.263 e. The van der Waals surface area contributed by atoms with Crippen LogP contribution < -0.4 is 4.74 Å². The number of hydrogen-bond acceptors (Lipinski definition) is 3. The monoisotopic (exact) mass is 412 g/mol. The van der Waals surface area contributed by atoms with E-state index in [4.69, 9.17) is 4.74 Å². The first-order valence-electron chi connectivity index (χ1n) is 10.4. The highest BCUT2D eigenvalue weighted by Gasteiger charge is 2.28. The summed E-state index contributed by atoms with van der Waals surface area (Å²) in [6.07, 6.45) is -0.355. The fourth-order valence-electron chi connectivity index (χ4n) is 3.63. The quantitative estimate of drug-likeness (QED) is 0.728. The van der Waals surface area contributed by atoms with Gasteiger partial charge in [0.15, 0.2) is 6.10 Å². The molecule has 1 heterocycles. The topological polar surface area (TPSA) is 49.9 Å². The van der Waals surface area contributed by atoms with Crippen molar-refractivity contribution in [2.24, 2.45) is 0 Å². The Labute approximate surface area is 177 Å². The molecular formula is C24H29FN2O3. The van der Waals surface area contributed by atoms with Gasteiger partial charge in [0, 0.05) is 26.2 Å². The zero-order chi connectivity index (χ0) is 21.7. The zero-order valence-corrected chi connectivity index (χ0v) is 17.8. The minimum Gasteiger partial charge on any atom is -0.481 e. The highest BCUT2D eigenvalue weighted by Crippen LogP contribution is 2.27. The molecule has 3 rings (SSSR count). The minimum atomic E-state index is -0.591. The SMILES string of the molecule is CC(Oc1ccccc1C(C)C)C(=O)N1CCN(C(=O)Cc2ccc(F)cc2)CC1. The van der Waals surface area contributed by atoms with Gasteiger partial charge in [0.1, 0.15) is 11.6 Å². The number of rotatable bonds is 6. The van der Waals surface area contributed by atoms with Gasteiger partial charge in [-0.2, -0.15) is 0 Å². The summed E-state index contributed by atoms with van der Waals surface area (Å²) < 4.78 is 19.0. The summed E-state index contributed by atoms with van der Waals surface area (Å²) in [5.41, 5.74) is 1.86. The highest BCUT2D eigenvalue weighted by molar-refractivity contribution is 5.82. The Balaban J connectivity index is 1.52. The van der Waals surface area contributed by atoms with Crippen LogP contribution in [0.15, 0.2) is 48.5 Å². The maximum absolute atomic E-state index is 13.0. The molecule has 0 N–H and O–H groups in total. The fourth-order valence-corrected chi connectivity index (χ4v) is 3.63. The van der Waals surface area contributed by atoms with Crippen LogP contribution in [-0.2, 0) is 16.0 Å². The predicted molar refractivity (Wildman–Crippen MR) is 114 cm³/mol. The van der Waals surface area contributed by atoms with Crippen LogP contribution in [0.5, 0.6) is 5.75 Å². The molecule has 0 spiro atoms. The molecule has 30 heavy (non-hydrogen) atoms. The van der Waals surface area contributed by atoms with E-state index in [1.165, 1.54) is 12.1 Å². The Morgan fingerprint density at radius 1 is 0.933 bits per heavy atom. The molecule has 160 valence electrons. The predicted octanol–water partition coefficient (Wildman–Crippen LogP) is 3.63. The maximum atomic E-state index is 13.0. The Hall–Kier alpha value is -2.89. The van der Waals surface area contributed by atoms with Gasteiger partial charge in [-0.3, -0.25) is 9.59 Å². The van der Waals surface area contributed by atoms with Crippen molar-refractivity contribution in [3.05, 3.63) is 65.5 Å². The van der Waals surface area contributed by atoms with Crippen LogP contribution in [0.4, 0.5) is 4.39 Å². The average Bonchev–Trinajstić information content (AvgIpc) is 2.75. The minimum absolute atomic E-state index is 0.0103. The first-order valence-corrected chi connectivity index (χ1v) is 10.4. The van der Waals surface area contributed by atoms with Crippen LogP contribution in [0.2, 0.25) is 0 Å². The first kappa shape index (κ1) is 21.8. The molecule has 0 saturated carbocycles. The molecule has 6 heteroatoms. The van der Waals surface area contributed by atoms with E-state index in [0.717, 1.165) is 16.9 Å². The van der Waals surface area contributed by atoms with E-state index in [0.29, 0.717) is 32.1 Å². The number of piperazine rings is 1. The number of benzene rings is 2. The van der Waals surface area contributed by atoms with E-state index in [9.17, 15) is 14.0 Å². The van der Waals surface area contributed by atoms with Gasteiger partial charge in [-0.25, -0.2) is 4.39 Å². The van der Waals surface area contributed by atoms with Crippen molar-refractivity contribution in [1.82, 2.24) is 9.80 Å². The van der Waals surface area contributed by atoms with E-state index in [1.807, 2.05) is 24.3 Å². The van der Waals surface area contributed by atoms with Gasteiger partial charge in [0.2, 0.25) is 5.91 Å². The van der Waals surface area contributed by atoms with Crippen molar-refractivity contribution in [1.29, 1.82) is 0 Å². The van der Waals surface area contributed by atoms with E-state index in [-0.39, 0.29) is 24.1 Å². The second-order valence-electron chi connectivity index (χ2n) is 7.96. The number of ether oxygens (including phenoxy) is 1. The molecule has 2 aromatic carbocycles. The molecular weight excluding hydrogens is 383 g/mol. The molecule has 2 amide bonds. The van der Waals surface area contributed by atoms with Gasteiger partial charge in [-0.05, 0) is 42.2 Å². The molecule has 1 saturated heterocycles. The summed E-state index contributed by atoms with van der Waals surface area (Å²) in [6.45, 7) is 7.89. The number of para-hydroxylation sites is 1. The second-order valence-corrected chi connectivity index (χ2v) is 7.96. The Morgan fingerprint density at radius 3 is 2.17 bits per heavy atom. The largest absolute Gasteiger partial charge is 0.481 e. The van der Waals surface area contributed by atoms with Gasteiger partial charge in [-0.1, -0.05) is 44.2 Å². The standard InChI is InChI=1S/C24H29FN2O3/c1-17(2)21-6-4-5-7-22(21)30-18(3)24(29)27-14-12-26(13-15-27)23(28)16-19-8-10-20(25)11-9-19/h4-11,17-18H,12-16H2,1-3H3. The zero-order valence-electron chi connectivity index (χ0n) is 17.8. The normalized spacial score (nSPS) is 15.2. The summed E-state index contributed by atoms with van der Waals surface area (Å²) in [4.78, 5) is 28.9. The summed E-state index contributed by atoms with van der Waals surface area (Å²) in [7, 11) is 0. The average molecular weight is 413 g/mol. The van der Waals surface area contributed by atoms with Crippen LogP contribution in [0.3, 0.4) is 0 Å². The highest BCUT2D eigenvalue weighted by atomic mass is 19.1. The number of nitrogens with zero attached hydrogens (tertiary/aromatic N) is 2. The Kier molecular flexibility index (Phi) is 7.08. The summed E-state index contributed by atoms with van der Waals surface area (Å²) in [5.74, 6) is 0.648. The van der Waals surface area contributed by atoms with Gasteiger partial charge in [0.05, 0.1) is 6.42 Å². The molecule has 0 bridgehead atoms. The van der Waals surface area contributed by atoms with Gasteiger partial charge in [0.25, 0.3) is 5.91 Å². The van der Waals surface area contributed by atoms with Crippen molar-refractivity contribution >= 4 is 11.8 Å². The lowest BCUT2D eigenvalue weighted by molar-refractivity contribution is -0.143. The summed E-state index contributed by atoms with van der Waals surface area (Å²) in [6, 6.07) is 13.8. The second kappa shape index (κ2) is 9.74. The van der Waals surface area contributed by atoms with E-state index < -0.39 is 6.10 Å². The molecule has 0 radical (unpaired) electrons. The van der Waals surface area contributed by atoms with Crippen molar-refractivity contribution in [2.45, 2.75) is 39.2 Å². The molecule has 1 atom stereocenters. The van der Waals surface area contributed by atoms with Crippen LogP contribution in [0.1, 0.15) is 37.8 Å². The first-order chi connectivity index (χ1) is 14.3. The van der Waals surface area contributed by atoms with E-state index >= 15 is 0 Å². The molecule has 0 aromatic heterocycles. The lowest BCUT2D eigenvalue weighted by atomic mass is 10.0. The third kappa shape index (κ3) is 5.38. The van der Waals surface area contributed by atoms with Gasteiger partial charge in [-0.15, -0.1) is 0 Å². The molecule has 5 nitrogen and oxygen atoms in total. The van der Waals surface area contributed by atoms with Crippen LogP contribution in [0, 0.1) is 5.82 Å². The number of carbonyl (C=O) groups excluding carboxylic acids is 2. The lowest BCUT2D eigenvalue weighted by Gasteiger charge is -2.36. The number of carbonyl (C=O) groups is 2. The fraction of sp³-hybridized carbons (Fsp3) is 0.417. The van der Waals surface area contributed by atoms with Crippen molar-refractivity contribution < 1.29 is 18.7 Å². The lowest BCUT2D eigenvalue weighted by Crippen LogP contribution is -2.53. The maximum Gasteiger partial charge on any atom is 0.263 e.